The van der Waals surface area contributed by atoms with Crippen molar-refractivity contribution in [3.63, 3.8) is 0 Å². The molecule has 4 heteroatoms. The maximum atomic E-state index is 9.55. The van der Waals surface area contributed by atoms with Crippen molar-refractivity contribution in [1.82, 2.24) is 15.1 Å². The number of rotatable bonds is 5. The number of aliphatic hydroxyl groups excluding tert-OH is 1. The zero-order chi connectivity index (χ0) is 10.9. The molecule has 4 nitrogen and oxygen atoms in total. The summed E-state index contributed by atoms with van der Waals surface area (Å²) in [5.41, 5.74) is 0.840. The van der Waals surface area contributed by atoms with Crippen LogP contribution in [0.4, 0.5) is 0 Å². The van der Waals surface area contributed by atoms with Crippen molar-refractivity contribution in [3.05, 3.63) is 18.0 Å². The lowest BCUT2D eigenvalue weighted by atomic mass is 9.94. The maximum Gasteiger partial charge on any atom is 0.0638 e. The zero-order valence-electron chi connectivity index (χ0n) is 9.40. The summed E-state index contributed by atoms with van der Waals surface area (Å²) in [5, 5.41) is 17.2. The largest absolute Gasteiger partial charge is 0.394 e. The Bertz CT molecular complexity index is 326. The molecule has 1 aromatic rings. The Kier molecular flexibility index (Phi) is 2.80. The summed E-state index contributed by atoms with van der Waals surface area (Å²) >= 11 is 0. The molecule has 1 aromatic heterocycles. The minimum atomic E-state index is -0.182. The Hall–Kier alpha value is -0.870. The van der Waals surface area contributed by atoms with Crippen molar-refractivity contribution < 1.29 is 5.11 Å². The van der Waals surface area contributed by atoms with Crippen molar-refractivity contribution in [2.24, 2.45) is 5.92 Å². The van der Waals surface area contributed by atoms with Gasteiger partial charge in [0.05, 0.1) is 24.4 Å². The van der Waals surface area contributed by atoms with Crippen LogP contribution in [0.15, 0.2) is 12.3 Å². The molecule has 1 saturated carbocycles. The fourth-order valence-corrected chi connectivity index (χ4v) is 2.15. The summed E-state index contributed by atoms with van der Waals surface area (Å²) in [6.07, 6.45) is 4.39. The Balaban J connectivity index is 2.12. The normalized spacial score (nSPS) is 20.2. The smallest absolute Gasteiger partial charge is 0.0638 e. The molecule has 1 aliphatic rings. The van der Waals surface area contributed by atoms with Crippen LogP contribution < -0.4 is 5.32 Å². The monoisotopic (exact) mass is 209 g/mol. The second-order valence-corrected chi connectivity index (χ2v) is 4.49. The van der Waals surface area contributed by atoms with Crippen LogP contribution >= 0.6 is 0 Å². The van der Waals surface area contributed by atoms with Crippen LogP contribution in [-0.2, 0) is 6.54 Å². The van der Waals surface area contributed by atoms with Crippen molar-refractivity contribution >= 4 is 0 Å². The lowest BCUT2D eigenvalue weighted by Crippen LogP contribution is -2.52. The van der Waals surface area contributed by atoms with E-state index in [-0.39, 0.29) is 12.1 Å². The highest BCUT2D eigenvalue weighted by Gasteiger charge is 2.44. The molecule has 1 heterocycles. The number of hydrogen-bond acceptors (Lipinski definition) is 3. The fourth-order valence-electron chi connectivity index (χ4n) is 2.15. The van der Waals surface area contributed by atoms with E-state index in [0.717, 1.165) is 12.2 Å². The number of nitrogens with zero attached hydrogens (tertiary/aromatic N) is 2. The van der Waals surface area contributed by atoms with Gasteiger partial charge in [-0.25, -0.2) is 0 Å². The van der Waals surface area contributed by atoms with Gasteiger partial charge in [-0.3, -0.25) is 4.68 Å². The average Bonchev–Trinajstić information content (AvgIpc) is 3.01. The fraction of sp³-hybridized carbons (Fsp3) is 0.727. The lowest BCUT2D eigenvalue weighted by molar-refractivity contribution is 0.126. The highest BCUT2D eigenvalue weighted by Crippen LogP contribution is 2.40. The van der Waals surface area contributed by atoms with E-state index in [0.29, 0.717) is 5.92 Å². The standard InChI is InChI=1S/C11H19N3O/c1-9-5-6-14(13-9)7-11(8-15,12-2)10-3-4-10/h5-6,10,12,15H,3-4,7-8H2,1-2H3. The number of hydrogen-bond donors (Lipinski definition) is 2. The maximum absolute atomic E-state index is 9.55. The molecule has 0 radical (unpaired) electrons. The highest BCUT2D eigenvalue weighted by molar-refractivity contribution is 5.02. The quantitative estimate of drug-likeness (QED) is 0.744. The Morgan fingerprint density at radius 3 is 2.80 bits per heavy atom. The number of aryl methyl sites for hydroxylation is 1. The van der Waals surface area contributed by atoms with Crippen LogP contribution in [0.5, 0.6) is 0 Å². The summed E-state index contributed by atoms with van der Waals surface area (Å²) < 4.78 is 1.92. The molecule has 0 amide bonds. The Labute approximate surface area is 90.3 Å². The number of aliphatic hydroxyl groups is 1. The molecule has 84 valence electrons. The van der Waals surface area contributed by atoms with Crippen LogP contribution in [0, 0.1) is 12.8 Å². The van der Waals surface area contributed by atoms with Crippen LogP contribution in [0.3, 0.4) is 0 Å². The molecule has 0 aromatic carbocycles. The van der Waals surface area contributed by atoms with E-state index < -0.39 is 0 Å². The Morgan fingerprint density at radius 2 is 2.40 bits per heavy atom. The summed E-state index contributed by atoms with van der Waals surface area (Å²) in [6, 6.07) is 1.99. The molecule has 2 N–H and O–H groups in total. The Morgan fingerprint density at radius 1 is 1.67 bits per heavy atom. The van der Waals surface area contributed by atoms with Gasteiger partial charge in [0.25, 0.3) is 0 Å². The van der Waals surface area contributed by atoms with Gasteiger partial charge in [0.2, 0.25) is 0 Å². The van der Waals surface area contributed by atoms with Gasteiger partial charge < -0.3 is 10.4 Å². The molecule has 1 unspecified atom stereocenters. The third kappa shape index (κ3) is 2.06. The van der Waals surface area contributed by atoms with E-state index >= 15 is 0 Å². The molecular weight excluding hydrogens is 190 g/mol. The topological polar surface area (TPSA) is 50.1 Å². The molecule has 1 fully saturated rings. The van der Waals surface area contributed by atoms with Gasteiger partial charge in [-0.15, -0.1) is 0 Å². The predicted octanol–water partition coefficient (Wildman–Crippen LogP) is 0.552. The molecule has 0 bridgehead atoms. The van der Waals surface area contributed by atoms with Gasteiger partial charge in [-0.05, 0) is 38.8 Å². The number of likely N-dealkylation sites (N-methyl/N-ethyl adjacent to an activating group) is 1. The van der Waals surface area contributed by atoms with Crippen LogP contribution in [0.2, 0.25) is 0 Å². The minimum Gasteiger partial charge on any atom is -0.394 e. The molecule has 1 atom stereocenters. The summed E-state index contributed by atoms with van der Waals surface area (Å²) in [6.45, 7) is 2.90. The van der Waals surface area contributed by atoms with Gasteiger partial charge >= 0.3 is 0 Å². The van der Waals surface area contributed by atoms with Crippen LogP contribution in [0.25, 0.3) is 0 Å². The van der Waals surface area contributed by atoms with Crippen molar-refractivity contribution in [2.75, 3.05) is 13.7 Å². The van der Waals surface area contributed by atoms with Gasteiger partial charge in [-0.1, -0.05) is 0 Å². The first kappa shape index (κ1) is 10.6. The molecule has 0 spiro atoms. The van der Waals surface area contributed by atoms with Gasteiger partial charge in [0.15, 0.2) is 0 Å². The first-order valence-corrected chi connectivity index (χ1v) is 5.50. The van der Waals surface area contributed by atoms with Crippen molar-refractivity contribution in [1.29, 1.82) is 0 Å². The van der Waals surface area contributed by atoms with E-state index in [1.165, 1.54) is 12.8 Å². The molecule has 0 saturated heterocycles. The molecule has 15 heavy (non-hydrogen) atoms. The predicted molar refractivity (Wildman–Crippen MR) is 58.6 cm³/mol. The van der Waals surface area contributed by atoms with Crippen LogP contribution in [-0.4, -0.2) is 34.1 Å². The molecular formula is C11H19N3O. The number of aromatic nitrogens is 2. The third-order valence-corrected chi connectivity index (χ3v) is 3.36. The van der Waals surface area contributed by atoms with E-state index in [2.05, 4.69) is 10.4 Å². The molecule has 1 aliphatic carbocycles. The summed E-state index contributed by atoms with van der Waals surface area (Å²) in [5.74, 6) is 0.594. The first-order chi connectivity index (χ1) is 7.20. The van der Waals surface area contributed by atoms with Gasteiger partial charge in [0.1, 0.15) is 0 Å². The van der Waals surface area contributed by atoms with Gasteiger partial charge in [-0.2, -0.15) is 5.10 Å². The van der Waals surface area contributed by atoms with E-state index in [1.807, 2.05) is 30.9 Å². The van der Waals surface area contributed by atoms with Crippen molar-refractivity contribution in [3.8, 4) is 0 Å². The second kappa shape index (κ2) is 3.94. The lowest BCUT2D eigenvalue weighted by Gasteiger charge is -2.31. The minimum absolute atomic E-state index is 0.174. The summed E-state index contributed by atoms with van der Waals surface area (Å²) in [7, 11) is 1.92. The van der Waals surface area contributed by atoms with Crippen molar-refractivity contribution in [2.45, 2.75) is 31.8 Å². The zero-order valence-corrected chi connectivity index (χ0v) is 9.40. The van der Waals surface area contributed by atoms with Gasteiger partial charge in [0, 0.05) is 6.20 Å². The van der Waals surface area contributed by atoms with Crippen LogP contribution in [0.1, 0.15) is 18.5 Å². The number of nitrogens with one attached hydrogen (secondary N) is 1. The van der Waals surface area contributed by atoms with E-state index in [4.69, 9.17) is 0 Å². The molecule has 0 aliphatic heterocycles. The SMILES string of the molecule is CNC(CO)(Cn1ccc(C)n1)C1CC1. The van der Waals surface area contributed by atoms with E-state index in [9.17, 15) is 5.11 Å². The average molecular weight is 209 g/mol. The third-order valence-electron chi connectivity index (χ3n) is 3.36. The summed E-state index contributed by atoms with van der Waals surface area (Å²) in [4.78, 5) is 0. The molecule has 2 rings (SSSR count). The second-order valence-electron chi connectivity index (χ2n) is 4.49. The van der Waals surface area contributed by atoms with E-state index in [1.54, 1.807) is 0 Å². The highest BCUT2D eigenvalue weighted by atomic mass is 16.3. The first-order valence-electron chi connectivity index (χ1n) is 5.50.